The second-order valence-electron chi connectivity index (χ2n) is 6.16. The first-order chi connectivity index (χ1) is 10.5. The lowest BCUT2D eigenvalue weighted by molar-refractivity contribution is 0.0777. The molecule has 0 spiro atoms. The fourth-order valence-corrected chi connectivity index (χ4v) is 2.82. The summed E-state index contributed by atoms with van der Waals surface area (Å²) in [6.07, 6.45) is 2.43. The SMILES string of the molecule is CC1(CN)CCN(C(=O)c2cn[nH]c2-c2ccc(F)cc2)C1.Cl. The number of amides is 1. The number of rotatable bonds is 3. The number of carbonyl (C=O) groups is 1. The first kappa shape index (κ1) is 17.4. The van der Waals surface area contributed by atoms with E-state index >= 15 is 0 Å². The Labute approximate surface area is 140 Å². The molecule has 1 aromatic carbocycles. The summed E-state index contributed by atoms with van der Waals surface area (Å²) in [5.74, 6) is -0.375. The van der Waals surface area contributed by atoms with Crippen LogP contribution in [-0.2, 0) is 0 Å². The topological polar surface area (TPSA) is 75.0 Å². The van der Waals surface area contributed by atoms with Gasteiger partial charge in [-0.05, 0) is 42.6 Å². The number of nitrogens with one attached hydrogen (secondary N) is 1. The summed E-state index contributed by atoms with van der Waals surface area (Å²) in [4.78, 5) is 14.5. The molecule has 2 heterocycles. The maximum Gasteiger partial charge on any atom is 0.257 e. The van der Waals surface area contributed by atoms with Crippen molar-refractivity contribution in [2.45, 2.75) is 13.3 Å². The summed E-state index contributed by atoms with van der Waals surface area (Å²) in [7, 11) is 0. The van der Waals surface area contributed by atoms with Crippen molar-refractivity contribution in [2.75, 3.05) is 19.6 Å². The molecule has 0 saturated carbocycles. The standard InChI is InChI=1S/C16H19FN4O.ClH/c1-16(9-18)6-7-21(10-16)15(22)13-8-19-20-14(13)11-2-4-12(17)5-3-11;/h2-5,8H,6-7,9-10,18H2,1H3,(H,19,20);1H. The van der Waals surface area contributed by atoms with Crippen LogP contribution >= 0.6 is 12.4 Å². The van der Waals surface area contributed by atoms with Crippen LogP contribution in [0.2, 0.25) is 0 Å². The quantitative estimate of drug-likeness (QED) is 0.902. The Morgan fingerprint density at radius 3 is 2.74 bits per heavy atom. The first-order valence-corrected chi connectivity index (χ1v) is 7.31. The predicted octanol–water partition coefficient (Wildman–Crippen LogP) is 2.45. The van der Waals surface area contributed by atoms with Gasteiger partial charge in [-0.1, -0.05) is 6.92 Å². The average molecular weight is 339 g/mol. The van der Waals surface area contributed by atoms with Crippen molar-refractivity contribution in [2.24, 2.45) is 11.1 Å². The van der Waals surface area contributed by atoms with E-state index in [0.717, 1.165) is 12.0 Å². The molecule has 23 heavy (non-hydrogen) atoms. The number of aromatic amines is 1. The van der Waals surface area contributed by atoms with E-state index < -0.39 is 0 Å². The zero-order valence-corrected chi connectivity index (χ0v) is 13.7. The molecule has 1 fully saturated rings. The van der Waals surface area contributed by atoms with Crippen LogP contribution in [0.25, 0.3) is 11.3 Å². The molecule has 7 heteroatoms. The first-order valence-electron chi connectivity index (χ1n) is 7.31. The monoisotopic (exact) mass is 338 g/mol. The molecule has 1 atom stereocenters. The minimum atomic E-state index is -0.311. The number of nitrogens with two attached hydrogens (primary N) is 1. The number of benzene rings is 1. The summed E-state index contributed by atoms with van der Waals surface area (Å²) in [5, 5.41) is 6.81. The van der Waals surface area contributed by atoms with Gasteiger partial charge in [0.1, 0.15) is 5.82 Å². The Morgan fingerprint density at radius 1 is 1.43 bits per heavy atom. The Hall–Kier alpha value is -1.92. The molecular weight excluding hydrogens is 319 g/mol. The highest BCUT2D eigenvalue weighted by Gasteiger charge is 2.36. The van der Waals surface area contributed by atoms with E-state index in [1.54, 1.807) is 12.1 Å². The van der Waals surface area contributed by atoms with Gasteiger partial charge in [0.25, 0.3) is 5.91 Å². The van der Waals surface area contributed by atoms with E-state index in [-0.39, 0.29) is 29.5 Å². The second kappa shape index (κ2) is 6.68. The van der Waals surface area contributed by atoms with Crippen molar-refractivity contribution in [1.82, 2.24) is 15.1 Å². The number of hydrogen-bond acceptors (Lipinski definition) is 3. The van der Waals surface area contributed by atoms with Crippen LogP contribution in [-0.4, -0.2) is 40.6 Å². The van der Waals surface area contributed by atoms with Gasteiger partial charge in [-0.3, -0.25) is 9.89 Å². The summed E-state index contributed by atoms with van der Waals surface area (Å²) in [6.45, 7) is 4.00. The van der Waals surface area contributed by atoms with Crippen molar-refractivity contribution in [3.63, 3.8) is 0 Å². The van der Waals surface area contributed by atoms with Crippen LogP contribution in [0.3, 0.4) is 0 Å². The van der Waals surface area contributed by atoms with Crippen LogP contribution in [0.4, 0.5) is 4.39 Å². The van der Waals surface area contributed by atoms with Gasteiger partial charge in [-0.15, -0.1) is 12.4 Å². The van der Waals surface area contributed by atoms with Crippen molar-refractivity contribution in [3.8, 4) is 11.3 Å². The highest BCUT2D eigenvalue weighted by Crippen LogP contribution is 2.31. The fourth-order valence-electron chi connectivity index (χ4n) is 2.82. The Balaban J connectivity index is 0.00000192. The molecule has 2 aromatic rings. The number of H-pyrrole nitrogens is 1. The zero-order valence-electron chi connectivity index (χ0n) is 12.9. The number of aromatic nitrogens is 2. The summed E-state index contributed by atoms with van der Waals surface area (Å²) >= 11 is 0. The number of carbonyl (C=O) groups excluding carboxylic acids is 1. The molecule has 3 rings (SSSR count). The van der Waals surface area contributed by atoms with Crippen molar-refractivity contribution in [3.05, 3.63) is 41.8 Å². The zero-order chi connectivity index (χ0) is 15.7. The van der Waals surface area contributed by atoms with Crippen LogP contribution < -0.4 is 5.73 Å². The third-order valence-electron chi connectivity index (χ3n) is 4.34. The van der Waals surface area contributed by atoms with E-state index in [1.165, 1.54) is 18.3 Å². The summed E-state index contributed by atoms with van der Waals surface area (Å²) < 4.78 is 13.0. The number of hydrogen-bond donors (Lipinski definition) is 2. The third-order valence-corrected chi connectivity index (χ3v) is 4.34. The van der Waals surface area contributed by atoms with Crippen LogP contribution in [0, 0.1) is 11.2 Å². The third kappa shape index (κ3) is 3.38. The highest BCUT2D eigenvalue weighted by molar-refractivity contribution is 5.99. The fraction of sp³-hybridized carbons (Fsp3) is 0.375. The van der Waals surface area contributed by atoms with E-state index in [9.17, 15) is 9.18 Å². The Morgan fingerprint density at radius 2 is 2.13 bits per heavy atom. The van der Waals surface area contributed by atoms with Crippen LogP contribution in [0.5, 0.6) is 0 Å². The molecule has 1 aromatic heterocycles. The lowest BCUT2D eigenvalue weighted by atomic mass is 9.90. The molecule has 0 radical (unpaired) electrons. The average Bonchev–Trinajstić information content (AvgIpc) is 3.15. The molecule has 1 aliphatic heterocycles. The Kier molecular flexibility index (Phi) is 5.06. The molecule has 0 aliphatic carbocycles. The summed E-state index contributed by atoms with van der Waals surface area (Å²) in [5.41, 5.74) is 7.64. The molecule has 1 unspecified atom stereocenters. The summed E-state index contributed by atoms with van der Waals surface area (Å²) in [6, 6.07) is 6.00. The van der Waals surface area contributed by atoms with Crippen molar-refractivity contribution < 1.29 is 9.18 Å². The van der Waals surface area contributed by atoms with Crippen molar-refractivity contribution >= 4 is 18.3 Å². The van der Waals surface area contributed by atoms with E-state index in [4.69, 9.17) is 5.73 Å². The molecule has 3 N–H and O–H groups in total. The molecule has 5 nitrogen and oxygen atoms in total. The van der Waals surface area contributed by atoms with Crippen LogP contribution in [0.1, 0.15) is 23.7 Å². The Bertz CT molecular complexity index is 688. The minimum Gasteiger partial charge on any atom is -0.338 e. The molecule has 0 bridgehead atoms. The van der Waals surface area contributed by atoms with Gasteiger partial charge in [0.05, 0.1) is 17.5 Å². The number of nitrogens with zero attached hydrogens (tertiary/aromatic N) is 2. The van der Waals surface area contributed by atoms with Crippen LogP contribution in [0.15, 0.2) is 30.5 Å². The van der Waals surface area contributed by atoms with Gasteiger partial charge in [0, 0.05) is 18.7 Å². The minimum absolute atomic E-state index is 0. The molecule has 1 aliphatic rings. The maximum absolute atomic E-state index is 13.0. The van der Waals surface area contributed by atoms with Crippen molar-refractivity contribution in [1.29, 1.82) is 0 Å². The van der Waals surface area contributed by atoms with Gasteiger partial charge in [0.2, 0.25) is 0 Å². The van der Waals surface area contributed by atoms with E-state index in [2.05, 4.69) is 17.1 Å². The van der Waals surface area contributed by atoms with Gasteiger partial charge in [-0.25, -0.2) is 4.39 Å². The smallest absolute Gasteiger partial charge is 0.257 e. The van der Waals surface area contributed by atoms with Gasteiger partial charge < -0.3 is 10.6 Å². The van der Waals surface area contributed by atoms with E-state index in [0.29, 0.717) is 30.9 Å². The number of likely N-dealkylation sites (tertiary alicyclic amines) is 1. The lowest BCUT2D eigenvalue weighted by Crippen LogP contribution is -2.34. The molecular formula is C16H20ClFN4O. The van der Waals surface area contributed by atoms with Gasteiger partial charge in [-0.2, -0.15) is 5.10 Å². The second-order valence-corrected chi connectivity index (χ2v) is 6.16. The van der Waals surface area contributed by atoms with Gasteiger partial charge in [0.15, 0.2) is 0 Å². The highest BCUT2D eigenvalue weighted by atomic mass is 35.5. The predicted molar refractivity (Wildman–Crippen MR) is 88.9 cm³/mol. The largest absolute Gasteiger partial charge is 0.338 e. The molecule has 1 saturated heterocycles. The van der Waals surface area contributed by atoms with E-state index in [1.807, 2.05) is 4.90 Å². The normalized spacial score (nSPS) is 20.4. The molecule has 1 amide bonds. The molecule has 124 valence electrons. The van der Waals surface area contributed by atoms with Gasteiger partial charge >= 0.3 is 0 Å². The maximum atomic E-state index is 13.0. The number of halogens is 2. The lowest BCUT2D eigenvalue weighted by Gasteiger charge is -2.22.